The number of nitriles is 1. The van der Waals surface area contributed by atoms with Crippen LogP contribution < -0.4 is 11.2 Å². The highest BCUT2D eigenvalue weighted by atomic mass is 28.5. The predicted molar refractivity (Wildman–Crippen MR) is 130 cm³/mol. The summed E-state index contributed by atoms with van der Waals surface area (Å²) in [6.45, 7) is 16.6. The molecule has 1 aromatic rings. The average molecular weight is 512 g/mol. The topological polar surface area (TPSA) is 136 Å². The Morgan fingerprint density at radius 1 is 1.09 bits per heavy atom. The predicted octanol–water partition coefficient (Wildman–Crippen LogP) is 2.43. The SMILES string of the molecule is CC(C)[Si]1(C(C)C)OC[C@H]2O[C@@](C#N)(n3ccc(=O)[nH]c3=O)[C@H](O)[C@@H]2O[Si](C(C)C)(C(C)C)O1. The number of aliphatic hydroxyl groups is 1. The maximum atomic E-state index is 12.6. The van der Waals surface area contributed by atoms with E-state index in [0.717, 1.165) is 16.8 Å². The van der Waals surface area contributed by atoms with Crippen LogP contribution in [0.25, 0.3) is 0 Å². The lowest BCUT2D eigenvalue weighted by molar-refractivity contribution is -0.109. The molecule has 2 aliphatic heterocycles. The molecule has 0 amide bonds. The lowest BCUT2D eigenvalue weighted by atomic mass is 10.0. The van der Waals surface area contributed by atoms with E-state index in [0.29, 0.717) is 0 Å². The second-order valence-electron chi connectivity index (χ2n) is 10.4. The second kappa shape index (κ2) is 9.46. The third-order valence-corrected chi connectivity index (χ3v) is 17.3. The molecule has 0 spiro atoms. The fourth-order valence-electron chi connectivity index (χ4n) is 5.23. The van der Waals surface area contributed by atoms with E-state index in [1.165, 1.54) is 0 Å². The molecule has 0 unspecified atom stereocenters. The third kappa shape index (κ3) is 4.07. The van der Waals surface area contributed by atoms with E-state index in [4.69, 9.17) is 17.7 Å². The van der Waals surface area contributed by atoms with E-state index in [1.54, 1.807) is 0 Å². The van der Waals surface area contributed by atoms with Crippen LogP contribution in [-0.4, -0.2) is 56.7 Å². The summed E-state index contributed by atoms with van der Waals surface area (Å²) in [5.41, 5.74) is -3.30. The number of aromatic amines is 1. The fraction of sp³-hybridized carbons (Fsp3) is 0.773. The number of aromatic nitrogens is 2. The zero-order chi connectivity index (χ0) is 25.6. The molecule has 10 nitrogen and oxygen atoms in total. The minimum atomic E-state index is -3.07. The van der Waals surface area contributed by atoms with Crippen LogP contribution in [0.2, 0.25) is 22.2 Å². The van der Waals surface area contributed by atoms with Crippen molar-refractivity contribution in [3.63, 3.8) is 0 Å². The number of fused-ring (bicyclic) bond motifs is 1. The Labute approximate surface area is 202 Å². The van der Waals surface area contributed by atoms with Gasteiger partial charge in [-0.2, -0.15) is 5.26 Å². The smallest absolute Gasteiger partial charge is 0.335 e. The number of nitrogens with zero attached hydrogens (tertiary/aromatic N) is 2. The van der Waals surface area contributed by atoms with Gasteiger partial charge in [-0.3, -0.25) is 14.3 Å². The van der Waals surface area contributed by atoms with Crippen molar-refractivity contribution in [2.45, 2.75) is 102 Å². The summed E-state index contributed by atoms with van der Waals surface area (Å²) >= 11 is 0. The summed E-state index contributed by atoms with van der Waals surface area (Å²) < 4.78 is 27.5. The van der Waals surface area contributed by atoms with E-state index in [2.05, 4.69) is 60.4 Å². The van der Waals surface area contributed by atoms with E-state index < -0.39 is 52.4 Å². The molecule has 12 heteroatoms. The Hall–Kier alpha value is -1.60. The second-order valence-corrected chi connectivity index (χ2v) is 19.3. The van der Waals surface area contributed by atoms with Crippen molar-refractivity contribution in [1.29, 1.82) is 5.26 Å². The Bertz CT molecular complexity index is 1030. The minimum absolute atomic E-state index is 0.0133. The van der Waals surface area contributed by atoms with Crippen LogP contribution in [0.15, 0.2) is 21.9 Å². The molecule has 2 N–H and O–H groups in total. The molecule has 0 aromatic carbocycles. The van der Waals surface area contributed by atoms with Gasteiger partial charge in [0, 0.05) is 12.3 Å². The number of nitrogens with one attached hydrogen (secondary N) is 1. The molecule has 2 aliphatic rings. The Morgan fingerprint density at radius 3 is 2.12 bits per heavy atom. The summed E-state index contributed by atoms with van der Waals surface area (Å²) in [5, 5.41) is 21.6. The molecule has 3 heterocycles. The van der Waals surface area contributed by atoms with E-state index >= 15 is 0 Å². The quantitative estimate of drug-likeness (QED) is 0.575. The molecule has 0 aliphatic carbocycles. The van der Waals surface area contributed by atoms with Crippen LogP contribution in [0.5, 0.6) is 0 Å². The van der Waals surface area contributed by atoms with Gasteiger partial charge in [-0.25, -0.2) is 4.79 Å². The summed E-state index contributed by atoms with van der Waals surface area (Å²) in [7, 11) is -5.91. The van der Waals surface area contributed by atoms with Gasteiger partial charge in [0.15, 0.2) is 0 Å². The molecule has 1 aromatic heterocycles. The van der Waals surface area contributed by atoms with Crippen molar-refractivity contribution in [2.75, 3.05) is 6.61 Å². The lowest BCUT2D eigenvalue weighted by Crippen LogP contribution is -2.66. The van der Waals surface area contributed by atoms with E-state index in [1.807, 2.05) is 6.07 Å². The van der Waals surface area contributed by atoms with Crippen molar-refractivity contribution >= 4 is 17.1 Å². The molecule has 2 saturated heterocycles. The summed E-state index contributed by atoms with van der Waals surface area (Å²) in [6.07, 6.45) is -2.14. The van der Waals surface area contributed by atoms with Crippen LogP contribution in [0, 0.1) is 11.3 Å². The van der Waals surface area contributed by atoms with Gasteiger partial charge in [-0.15, -0.1) is 0 Å². The molecule has 0 saturated carbocycles. The fourth-order valence-corrected chi connectivity index (χ4v) is 16.4. The first-order chi connectivity index (χ1) is 15.8. The number of aliphatic hydroxyl groups excluding tert-OH is 1. The molecule has 190 valence electrons. The van der Waals surface area contributed by atoms with Gasteiger partial charge < -0.3 is 22.8 Å². The van der Waals surface area contributed by atoms with Crippen molar-refractivity contribution in [3.8, 4) is 6.07 Å². The molecule has 4 atom stereocenters. The van der Waals surface area contributed by atoms with Gasteiger partial charge in [0.1, 0.15) is 24.4 Å². The van der Waals surface area contributed by atoms with Crippen molar-refractivity contribution in [3.05, 3.63) is 33.1 Å². The normalized spacial score (nSPS) is 30.9. The first-order valence-electron chi connectivity index (χ1n) is 11.9. The Kier molecular flexibility index (Phi) is 7.51. The number of hydrogen-bond acceptors (Lipinski definition) is 8. The molecule has 0 bridgehead atoms. The summed E-state index contributed by atoms with van der Waals surface area (Å²) in [5.74, 6) is 0. The largest absolute Gasteiger partial charge is 0.414 e. The highest BCUT2D eigenvalue weighted by Crippen LogP contribution is 2.49. The molecule has 2 fully saturated rings. The standard InChI is InChI=1S/C22H37N3O7Si2/c1-13(2)33(14(3)4)29-11-17-19(31-34(32-33,15(5)6)16(7)8)20(27)22(12-23,30-17)25-10-9-18(26)24-21(25)28/h9-10,13-17,19-20,27H,11H2,1-8H3,(H,24,26,28)/t17-,19-,20-,22-/m1/s1. The van der Waals surface area contributed by atoms with Crippen LogP contribution in [-0.2, 0) is 23.4 Å². The van der Waals surface area contributed by atoms with E-state index in [-0.39, 0.29) is 28.8 Å². The molecular weight excluding hydrogens is 474 g/mol. The van der Waals surface area contributed by atoms with Gasteiger partial charge in [0.25, 0.3) is 11.3 Å². The van der Waals surface area contributed by atoms with Gasteiger partial charge in [-0.05, 0) is 22.2 Å². The van der Waals surface area contributed by atoms with Crippen LogP contribution in [0.4, 0.5) is 0 Å². The third-order valence-electron chi connectivity index (χ3n) is 7.08. The average Bonchev–Trinajstić information content (AvgIpc) is 2.98. The minimum Gasteiger partial charge on any atom is -0.414 e. The van der Waals surface area contributed by atoms with Gasteiger partial charge in [0.2, 0.25) is 0 Å². The lowest BCUT2D eigenvalue weighted by Gasteiger charge is -2.51. The summed E-state index contributed by atoms with van der Waals surface area (Å²) in [6, 6.07) is 3.08. The van der Waals surface area contributed by atoms with Crippen molar-refractivity contribution < 1.29 is 22.8 Å². The van der Waals surface area contributed by atoms with E-state index in [9.17, 15) is 20.0 Å². The number of hydrogen-bond donors (Lipinski definition) is 2. The molecule has 3 rings (SSSR count). The number of ether oxygens (including phenoxy) is 1. The zero-order valence-corrected chi connectivity index (χ0v) is 23.2. The van der Waals surface area contributed by atoms with Crippen molar-refractivity contribution in [2.24, 2.45) is 0 Å². The molecule has 34 heavy (non-hydrogen) atoms. The number of rotatable bonds is 5. The Morgan fingerprint density at radius 2 is 1.65 bits per heavy atom. The van der Waals surface area contributed by atoms with Crippen molar-refractivity contribution in [1.82, 2.24) is 9.55 Å². The Balaban J connectivity index is 2.19. The highest BCUT2D eigenvalue weighted by Gasteiger charge is 2.65. The maximum Gasteiger partial charge on any atom is 0.335 e. The van der Waals surface area contributed by atoms with Gasteiger partial charge in [-0.1, -0.05) is 55.4 Å². The van der Waals surface area contributed by atoms with Gasteiger partial charge >= 0.3 is 22.8 Å². The highest BCUT2D eigenvalue weighted by molar-refractivity contribution is 6.83. The van der Waals surface area contributed by atoms with Gasteiger partial charge in [0.05, 0.1) is 6.61 Å². The van der Waals surface area contributed by atoms with Crippen LogP contribution in [0.1, 0.15) is 55.4 Å². The maximum absolute atomic E-state index is 12.6. The monoisotopic (exact) mass is 511 g/mol. The summed E-state index contributed by atoms with van der Waals surface area (Å²) in [4.78, 5) is 26.3. The zero-order valence-electron chi connectivity index (χ0n) is 21.2. The number of H-pyrrole nitrogens is 1. The first kappa shape index (κ1) is 27.0. The first-order valence-corrected chi connectivity index (χ1v) is 15.8. The molecule has 0 radical (unpaired) electrons. The van der Waals surface area contributed by atoms with Crippen LogP contribution >= 0.6 is 0 Å². The van der Waals surface area contributed by atoms with Crippen LogP contribution in [0.3, 0.4) is 0 Å². The molecular formula is C22H37N3O7Si2.